The largest absolute Gasteiger partial charge is 0.352 e. The Morgan fingerprint density at radius 1 is 1.18 bits per heavy atom. The van der Waals surface area contributed by atoms with Crippen LogP contribution in [0.3, 0.4) is 0 Å². The minimum atomic E-state index is -0.158. The Hall–Kier alpha value is -3.66. The molecule has 1 saturated heterocycles. The van der Waals surface area contributed by atoms with Crippen LogP contribution < -0.4 is 15.5 Å². The summed E-state index contributed by atoms with van der Waals surface area (Å²) in [5.41, 5.74) is 3.23. The molecular weight excluding hydrogens is 432 g/mol. The molecule has 3 N–H and O–H groups in total. The molecule has 1 atom stereocenters. The lowest BCUT2D eigenvalue weighted by molar-refractivity contribution is -0.116. The molecule has 10 nitrogen and oxygen atoms in total. The monoisotopic (exact) mass is 464 g/mol. The Bertz CT molecular complexity index is 1170. The minimum absolute atomic E-state index is 0.00747. The molecule has 3 aromatic rings. The second kappa shape index (κ2) is 10.1. The van der Waals surface area contributed by atoms with Crippen molar-refractivity contribution in [3.63, 3.8) is 0 Å². The zero-order chi connectivity index (χ0) is 24.2. The van der Waals surface area contributed by atoms with E-state index < -0.39 is 0 Å². The average Bonchev–Trinajstić information content (AvgIpc) is 3.19. The fraction of sp³-hybridized carbons (Fsp3) is 0.417. The Kier molecular flexibility index (Phi) is 6.97. The number of nitrogens with one attached hydrogen (secondary N) is 3. The number of carbonyl (C=O) groups excluding carboxylic acids is 2. The molecule has 0 aliphatic carbocycles. The number of hydrogen-bond acceptors (Lipinski definition) is 6. The molecule has 0 bridgehead atoms. The maximum Gasteiger partial charge on any atom is 0.322 e. The first-order valence-electron chi connectivity index (χ1n) is 11.5. The molecule has 34 heavy (non-hydrogen) atoms. The Morgan fingerprint density at radius 2 is 1.94 bits per heavy atom. The van der Waals surface area contributed by atoms with Crippen LogP contribution in [0, 0.1) is 6.92 Å². The summed E-state index contributed by atoms with van der Waals surface area (Å²) >= 11 is 0. The van der Waals surface area contributed by atoms with Crippen molar-refractivity contribution in [1.82, 2.24) is 24.8 Å². The molecule has 3 amide bonds. The summed E-state index contributed by atoms with van der Waals surface area (Å²) in [5, 5.41) is 6.89. The second-order valence-corrected chi connectivity index (χ2v) is 8.99. The van der Waals surface area contributed by atoms with Gasteiger partial charge in [0.2, 0.25) is 5.91 Å². The van der Waals surface area contributed by atoms with Gasteiger partial charge in [0.05, 0.1) is 5.39 Å². The van der Waals surface area contributed by atoms with E-state index in [4.69, 9.17) is 0 Å². The SMILES string of the molecule is Cc1c[nH]c2ncnc(N3CCN(C(=O)Nc4cccc(NC(=O)CCN(C)C)c4)[C@@H](C)C3)c12. The van der Waals surface area contributed by atoms with Gasteiger partial charge in [0.15, 0.2) is 0 Å². The minimum Gasteiger partial charge on any atom is -0.352 e. The van der Waals surface area contributed by atoms with Gasteiger partial charge in [-0.25, -0.2) is 14.8 Å². The van der Waals surface area contributed by atoms with E-state index >= 15 is 0 Å². The summed E-state index contributed by atoms with van der Waals surface area (Å²) in [6, 6.07) is 7.06. The molecule has 1 aliphatic rings. The van der Waals surface area contributed by atoms with E-state index in [1.165, 1.54) is 0 Å². The van der Waals surface area contributed by atoms with Crippen molar-refractivity contribution >= 4 is 40.2 Å². The third-order valence-electron chi connectivity index (χ3n) is 6.02. The first kappa shape index (κ1) is 23.5. The molecule has 1 aliphatic heterocycles. The highest BCUT2D eigenvalue weighted by Crippen LogP contribution is 2.28. The number of rotatable bonds is 6. The van der Waals surface area contributed by atoms with Gasteiger partial charge in [-0.2, -0.15) is 0 Å². The van der Waals surface area contributed by atoms with Crippen LogP contribution >= 0.6 is 0 Å². The maximum atomic E-state index is 13.0. The van der Waals surface area contributed by atoms with Crippen molar-refractivity contribution < 1.29 is 9.59 Å². The van der Waals surface area contributed by atoms with Crippen molar-refractivity contribution in [3.8, 4) is 0 Å². The molecule has 1 aromatic carbocycles. The van der Waals surface area contributed by atoms with Gasteiger partial charge in [0.1, 0.15) is 17.8 Å². The lowest BCUT2D eigenvalue weighted by Gasteiger charge is -2.40. The first-order chi connectivity index (χ1) is 16.3. The predicted molar refractivity (Wildman–Crippen MR) is 134 cm³/mol. The van der Waals surface area contributed by atoms with Crippen LogP contribution in [0.1, 0.15) is 18.9 Å². The zero-order valence-electron chi connectivity index (χ0n) is 20.1. The standard InChI is InChI=1S/C24H32N8O2/c1-16-13-25-22-21(16)23(27-15-26-22)31-10-11-32(17(2)14-31)24(34)29-19-7-5-6-18(12-19)28-20(33)8-9-30(3)4/h5-7,12-13,15,17H,8-11,14H2,1-4H3,(H,28,33)(H,29,34)(H,25,26,27)/t17-/m0/s1. The number of urea groups is 1. The van der Waals surface area contributed by atoms with Gasteiger partial charge < -0.3 is 30.3 Å². The van der Waals surface area contributed by atoms with E-state index in [-0.39, 0.29) is 18.0 Å². The fourth-order valence-electron chi connectivity index (χ4n) is 4.21. The number of benzene rings is 1. The van der Waals surface area contributed by atoms with Crippen molar-refractivity contribution in [2.45, 2.75) is 26.3 Å². The Balaban J connectivity index is 1.37. The zero-order valence-corrected chi connectivity index (χ0v) is 20.1. The van der Waals surface area contributed by atoms with E-state index in [2.05, 4.69) is 30.5 Å². The summed E-state index contributed by atoms with van der Waals surface area (Å²) in [7, 11) is 3.86. The molecule has 10 heteroatoms. The van der Waals surface area contributed by atoms with E-state index in [0.29, 0.717) is 44.0 Å². The fourth-order valence-corrected chi connectivity index (χ4v) is 4.21. The van der Waals surface area contributed by atoms with Crippen molar-refractivity contribution in [2.75, 3.05) is 55.8 Å². The first-order valence-corrected chi connectivity index (χ1v) is 11.5. The van der Waals surface area contributed by atoms with Crippen molar-refractivity contribution in [2.24, 2.45) is 0 Å². The molecule has 2 aromatic heterocycles. The molecular formula is C24H32N8O2. The van der Waals surface area contributed by atoms with E-state index in [1.54, 1.807) is 12.4 Å². The van der Waals surface area contributed by atoms with Gasteiger partial charge in [-0.3, -0.25) is 4.79 Å². The molecule has 4 rings (SSSR count). The van der Waals surface area contributed by atoms with Gasteiger partial charge in [-0.15, -0.1) is 0 Å². The lowest BCUT2D eigenvalue weighted by Crippen LogP contribution is -2.55. The van der Waals surface area contributed by atoms with Crippen molar-refractivity contribution in [3.05, 3.63) is 42.4 Å². The van der Waals surface area contributed by atoms with Gasteiger partial charge in [0, 0.05) is 56.2 Å². The smallest absolute Gasteiger partial charge is 0.322 e. The highest BCUT2D eigenvalue weighted by molar-refractivity contribution is 5.94. The third kappa shape index (κ3) is 5.28. The summed E-state index contributed by atoms with van der Waals surface area (Å²) in [5.74, 6) is 0.840. The molecule has 0 spiro atoms. The summed E-state index contributed by atoms with van der Waals surface area (Å²) in [6.07, 6.45) is 3.92. The number of anilines is 3. The van der Waals surface area contributed by atoms with E-state index in [1.807, 2.05) is 62.1 Å². The Morgan fingerprint density at radius 3 is 2.68 bits per heavy atom. The molecule has 1 fully saturated rings. The number of hydrogen-bond donors (Lipinski definition) is 3. The van der Waals surface area contributed by atoms with Gasteiger partial charge >= 0.3 is 6.03 Å². The topological polar surface area (TPSA) is 109 Å². The van der Waals surface area contributed by atoms with Gasteiger partial charge in [-0.1, -0.05) is 6.07 Å². The van der Waals surface area contributed by atoms with Gasteiger partial charge in [0.25, 0.3) is 0 Å². The van der Waals surface area contributed by atoms with Gasteiger partial charge in [-0.05, 0) is 51.7 Å². The molecule has 0 unspecified atom stereocenters. The number of piperazine rings is 1. The van der Waals surface area contributed by atoms with Crippen LogP contribution in [0.4, 0.5) is 22.0 Å². The van der Waals surface area contributed by atoms with Crippen LogP contribution in [0.25, 0.3) is 11.0 Å². The normalized spacial score (nSPS) is 16.2. The third-order valence-corrected chi connectivity index (χ3v) is 6.02. The highest BCUT2D eigenvalue weighted by Gasteiger charge is 2.29. The lowest BCUT2D eigenvalue weighted by atomic mass is 10.1. The number of aryl methyl sites for hydroxylation is 1. The van der Waals surface area contributed by atoms with Crippen molar-refractivity contribution in [1.29, 1.82) is 0 Å². The number of H-pyrrole nitrogens is 1. The van der Waals surface area contributed by atoms with Crippen LogP contribution in [0.5, 0.6) is 0 Å². The van der Waals surface area contributed by atoms with Crippen LogP contribution in [0.2, 0.25) is 0 Å². The number of amides is 3. The highest BCUT2D eigenvalue weighted by atomic mass is 16.2. The maximum absolute atomic E-state index is 13.0. The van der Waals surface area contributed by atoms with E-state index in [0.717, 1.165) is 22.4 Å². The molecule has 0 radical (unpaired) electrons. The number of aromatic amines is 1. The van der Waals surface area contributed by atoms with E-state index in [9.17, 15) is 9.59 Å². The second-order valence-electron chi connectivity index (χ2n) is 8.99. The summed E-state index contributed by atoms with van der Waals surface area (Å²) < 4.78 is 0. The quantitative estimate of drug-likeness (QED) is 0.518. The molecule has 3 heterocycles. The predicted octanol–water partition coefficient (Wildman–Crippen LogP) is 2.90. The Labute approximate surface area is 199 Å². The van der Waals surface area contributed by atoms with Crippen LogP contribution in [-0.2, 0) is 4.79 Å². The number of carbonyl (C=O) groups is 2. The molecule has 0 saturated carbocycles. The van der Waals surface area contributed by atoms with Crippen LogP contribution in [-0.4, -0.2) is 83.0 Å². The number of aromatic nitrogens is 3. The van der Waals surface area contributed by atoms with Crippen LogP contribution in [0.15, 0.2) is 36.8 Å². The number of fused-ring (bicyclic) bond motifs is 1. The summed E-state index contributed by atoms with van der Waals surface area (Å²) in [6.45, 7) is 6.68. The average molecular weight is 465 g/mol. The number of nitrogens with zero attached hydrogens (tertiary/aromatic N) is 5. The molecule has 180 valence electrons. The summed E-state index contributed by atoms with van der Waals surface area (Å²) in [4.78, 5) is 43.2.